The standard InChI is InChI=1S/C13H28N2O2/c1-12(2,9-14)5-6-15-7-11(8-16)17-13(3,4)10-15/h11,16H,5-10,14H2,1-4H3. The number of aliphatic hydroxyl groups excluding tert-OH is 1. The lowest BCUT2D eigenvalue weighted by molar-refractivity contribution is -0.149. The highest BCUT2D eigenvalue weighted by atomic mass is 16.5. The van der Waals surface area contributed by atoms with E-state index in [1.54, 1.807) is 0 Å². The fourth-order valence-corrected chi connectivity index (χ4v) is 2.24. The van der Waals surface area contributed by atoms with Crippen molar-refractivity contribution in [3.63, 3.8) is 0 Å². The highest BCUT2D eigenvalue weighted by Crippen LogP contribution is 2.24. The quantitative estimate of drug-likeness (QED) is 0.752. The average molecular weight is 244 g/mol. The molecule has 1 saturated heterocycles. The smallest absolute Gasteiger partial charge is 0.0940 e. The molecule has 1 rings (SSSR count). The molecule has 0 spiro atoms. The zero-order valence-corrected chi connectivity index (χ0v) is 11.7. The second kappa shape index (κ2) is 5.65. The van der Waals surface area contributed by atoms with E-state index in [9.17, 15) is 5.11 Å². The fraction of sp³-hybridized carbons (Fsp3) is 1.00. The minimum Gasteiger partial charge on any atom is -0.394 e. The molecule has 0 aromatic rings. The summed E-state index contributed by atoms with van der Waals surface area (Å²) in [5.74, 6) is 0. The average Bonchev–Trinajstić information content (AvgIpc) is 2.24. The molecule has 0 saturated carbocycles. The normalized spacial score (nSPS) is 26.1. The highest BCUT2D eigenvalue weighted by Gasteiger charge is 2.33. The van der Waals surface area contributed by atoms with Crippen molar-refractivity contribution in [3.8, 4) is 0 Å². The van der Waals surface area contributed by atoms with Gasteiger partial charge in [0, 0.05) is 13.1 Å². The van der Waals surface area contributed by atoms with Crippen molar-refractivity contribution in [2.45, 2.75) is 45.8 Å². The van der Waals surface area contributed by atoms with Crippen molar-refractivity contribution in [1.29, 1.82) is 0 Å². The van der Waals surface area contributed by atoms with Gasteiger partial charge in [0.1, 0.15) is 0 Å². The summed E-state index contributed by atoms with van der Waals surface area (Å²) < 4.78 is 5.80. The first-order valence-corrected chi connectivity index (χ1v) is 6.49. The first-order valence-electron chi connectivity index (χ1n) is 6.49. The maximum atomic E-state index is 9.24. The molecule has 17 heavy (non-hydrogen) atoms. The Morgan fingerprint density at radius 3 is 2.65 bits per heavy atom. The van der Waals surface area contributed by atoms with Gasteiger partial charge in [-0.25, -0.2) is 0 Å². The van der Waals surface area contributed by atoms with Crippen molar-refractivity contribution in [2.75, 3.05) is 32.8 Å². The minimum absolute atomic E-state index is 0.0558. The second-order valence-electron chi connectivity index (χ2n) is 6.54. The molecule has 0 aromatic carbocycles. The Balaban J connectivity index is 2.48. The number of hydrogen-bond donors (Lipinski definition) is 2. The molecule has 102 valence electrons. The number of nitrogens with two attached hydrogens (primary N) is 1. The van der Waals surface area contributed by atoms with Crippen LogP contribution in [0.3, 0.4) is 0 Å². The number of nitrogens with zero attached hydrogens (tertiary/aromatic N) is 1. The minimum atomic E-state index is -0.168. The van der Waals surface area contributed by atoms with E-state index in [0.717, 1.165) is 26.1 Å². The van der Waals surface area contributed by atoms with Crippen LogP contribution in [-0.2, 0) is 4.74 Å². The van der Waals surface area contributed by atoms with Crippen LogP contribution in [0, 0.1) is 5.41 Å². The molecule has 1 unspecified atom stereocenters. The SMILES string of the molecule is CC(C)(CN)CCN1CC(CO)OC(C)(C)C1. The summed E-state index contributed by atoms with van der Waals surface area (Å²) in [6.07, 6.45) is 1.03. The first-order chi connectivity index (χ1) is 7.78. The van der Waals surface area contributed by atoms with Gasteiger partial charge in [0.25, 0.3) is 0 Å². The molecule has 0 aliphatic carbocycles. The van der Waals surface area contributed by atoms with Crippen LogP contribution in [0.1, 0.15) is 34.1 Å². The zero-order chi connectivity index (χ0) is 13.1. The number of aliphatic hydroxyl groups is 1. The molecule has 3 N–H and O–H groups in total. The van der Waals surface area contributed by atoms with Gasteiger partial charge in [0.15, 0.2) is 0 Å². The van der Waals surface area contributed by atoms with Crippen molar-refractivity contribution in [2.24, 2.45) is 11.1 Å². The van der Waals surface area contributed by atoms with Crippen molar-refractivity contribution < 1.29 is 9.84 Å². The van der Waals surface area contributed by atoms with Gasteiger partial charge in [-0.1, -0.05) is 13.8 Å². The van der Waals surface area contributed by atoms with E-state index in [-0.39, 0.29) is 23.7 Å². The van der Waals surface area contributed by atoms with E-state index in [1.807, 2.05) is 0 Å². The number of ether oxygens (including phenoxy) is 1. The summed E-state index contributed by atoms with van der Waals surface area (Å²) in [5, 5.41) is 9.24. The third kappa shape index (κ3) is 4.92. The molecule has 1 heterocycles. The van der Waals surface area contributed by atoms with Crippen LogP contribution in [-0.4, -0.2) is 54.5 Å². The molecular weight excluding hydrogens is 216 g/mol. The van der Waals surface area contributed by atoms with Gasteiger partial charge in [-0.05, 0) is 38.8 Å². The Labute approximate surface area is 105 Å². The lowest BCUT2D eigenvalue weighted by Crippen LogP contribution is -2.54. The maximum Gasteiger partial charge on any atom is 0.0940 e. The van der Waals surface area contributed by atoms with E-state index in [4.69, 9.17) is 10.5 Å². The van der Waals surface area contributed by atoms with Gasteiger partial charge in [0.2, 0.25) is 0 Å². The Bertz CT molecular complexity index is 242. The predicted octanol–water partition coefficient (Wildman–Crippen LogP) is 0.833. The van der Waals surface area contributed by atoms with Crippen LogP contribution in [0.15, 0.2) is 0 Å². The van der Waals surface area contributed by atoms with Crippen LogP contribution < -0.4 is 5.73 Å². The van der Waals surface area contributed by atoms with Crippen LogP contribution in [0.2, 0.25) is 0 Å². The predicted molar refractivity (Wildman–Crippen MR) is 69.9 cm³/mol. The maximum absolute atomic E-state index is 9.24. The summed E-state index contributed by atoms with van der Waals surface area (Å²) in [7, 11) is 0. The molecule has 0 bridgehead atoms. The summed E-state index contributed by atoms with van der Waals surface area (Å²) in [6.45, 7) is 12.1. The molecule has 4 heteroatoms. The van der Waals surface area contributed by atoms with Crippen molar-refractivity contribution >= 4 is 0 Å². The summed E-state index contributed by atoms with van der Waals surface area (Å²) in [5.41, 5.74) is 5.77. The topological polar surface area (TPSA) is 58.7 Å². The molecule has 0 radical (unpaired) electrons. The van der Waals surface area contributed by atoms with Crippen molar-refractivity contribution in [3.05, 3.63) is 0 Å². The summed E-state index contributed by atoms with van der Waals surface area (Å²) in [6, 6.07) is 0. The van der Waals surface area contributed by atoms with Crippen LogP contribution in [0.5, 0.6) is 0 Å². The van der Waals surface area contributed by atoms with Gasteiger partial charge in [-0.3, -0.25) is 4.90 Å². The van der Waals surface area contributed by atoms with Gasteiger partial charge >= 0.3 is 0 Å². The number of rotatable bonds is 5. The fourth-order valence-electron chi connectivity index (χ4n) is 2.24. The lowest BCUT2D eigenvalue weighted by Gasteiger charge is -2.43. The molecule has 1 fully saturated rings. The van der Waals surface area contributed by atoms with Gasteiger partial charge < -0.3 is 15.6 Å². The van der Waals surface area contributed by atoms with E-state index in [2.05, 4.69) is 32.6 Å². The second-order valence-corrected chi connectivity index (χ2v) is 6.54. The van der Waals surface area contributed by atoms with Gasteiger partial charge in [0.05, 0.1) is 18.3 Å². The molecule has 1 aliphatic rings. The lowest BCUT2D eigenvalue weighted by atomic mass is 9.89. The van der Waals surface area contributed by atoms with Crippen LogP contribution in [0.4, 0.5) is 0 Å². The molecule has 4 nitrogen and oxygen atoms in total. The highest BCUT2D eigenvalue weighted by molar-refractivity contribution is 4.85. The monoisotopic (exact) mass is 244 g/mol. The summed E-state index contributed by atoms with van der Waals surface area (Å²) >= 11 is 0. The first kappa shape index (κ1) is 14.9. The molecule has 1 aliphatic heterocycles. The number of hydrogen-bond acceptors (Lipinski definition) is 4. The Kier molecular flexibility index (Phi) is 4.95. The third-order valence-corrected chi connectivity index (χ3v) is 3.41. The molecule has 1 atom stereocenters. The van der Waals surface area contributed by atoms with E-state index >= 15 is 0 Å². The van der Waals surface area contributed by atoms with Gasteiger partial charge in [-0.15, -0.1) is 0 Å². The van der Waals surface area contributed by atoms with Crippen LogP contribution in [0.25, 0.3) is 0 Å². The summed E-state index contributed by atoms with van der Waals surface area (Å²) in [4.78, 5) is 2.38. The van der Waals surface area contributed by atoms with Crippen molar-refractivity contribution in [1.82, 2.24) is 4.90 Å². The Morgan fingerprint density at radius 1 is 1.47 bits per heavy atom. The number of morpholine rings is 1. The third-order valence-electron chi connectivity index (χ3n) is 3.41. The van der Waals surface area contributed by atoms with E-state index in [0.29, 0.717) is 6.54 Å². The Hall–Kier alpha value is -0.160. The van der Waals surface area contributed by atoms with Crippen LogP contribution >= 0.6 is 0 Å². The zero-order valence-electron chi connectivity index (χ0n) is 11.7. The van der Waals surface area contributed by atoms with Gasteiger partial charge in [-0.2, -0.15) is 0 Å². The molecule has 0 amide bonds. The van der Waals surface area contributed by atoms with E-state index in [1.165, 1.54) is 0 Å². The van der Waals surface area contributed by atoms with E-state index < -0.39 is 0 Å². The largest absolute Gasteiger partial charge is 0.394 e. The molecule has 0 aromatic heterocycles. The Morgan fingerprint density at radius 2 is 2.12 bits per heavy atom. The molecular formula is C13H28N2O2.